The topological polar surface area (TPSA) is 68.5 Å². The van der Waals surface area contributed by atoms with Crippen LogP contribution in [0.5, 0.6) is 0 Å². The van der Waals surface area contributed by atoms with Gasteiger partial charge in [0.2, 0.25) is 0 Å². The third-order valence-electron chi connectivity index (χ3n) is 4.51. The van der Waals surface area contributed by atoms with Crippen molar-refractivity contribution in [3.63, 3.8) is 0 Å². The normalized spacial score (nSPS) is 16.0. The Bertz CT molecular complexity index is 799. The number of aryl methyl sites for hydroxylation is 1. The number of halogens is 3. The summed E-state index contributed by atoms with van der Waals surface area (Å²) < 4.78 is 46.2. The minimum atomic E-state index is -4.47. The number of rotatable bonds is 7. The standard InChI is InChI=1S/C17H21F3N4O2/c1-3-12-8-11(6-7-26-2)22-15-13(21-9-24(12)15)16(25)23-14(10-4-5-10)17(18,19)20/h8-10,14H,3-7H2,1-2H3,(H,23,25). The summed E-state index contributed by atoms with van der Waals surface area (Å²) in [7, 11) is 1.58. The maximum atomic E-state index is 13.2. The molecule has 0 spiro atoms. The SMILES string of the molecule is CCc1cc(CCOC)nc2c(C(=O)NC(C3CC3)C(F)(F)F)ncn12. The van der Waals surface area contributed by atoms with Gasteiger partial charge in [-0.1, -0.05) is 6.92 Å². The van der Waals surface area contributed by atoms with Crippen LogP contribution >= 0.6 is 0 Å². The molecule has 9 heteroatoms. The Morgan fingerprint density at radius 3 is 2.77 bits per heavy atom. The molecule has 26 heavy (non-hydrogen) atoms. The molecule has 6 nitrogen and oxygen atoms in total. The molecule has 2 aromatic rings. The van der Waals surface area contributed by atoms with E-state index in [1.807, 2.05) is 13.0 Å². The van der Waals surface area contributed by atoms with Gasteiger partial charge in [-0.3, -0.25) is 9.20 Å². The van der Waals surface area contributed by atoms with Crippen molar-refractivity contribution in [2.24, 2.45) is 5.92 Å². The summed E-state index contributed by atoms with van der Waals surface area (Å²) in [4.78, 5) is 20.9. The summed E-state index contributed by atoms with van der Waals surface area (Å²) in [5.41, 5.74) is 1.76. The van der Waals surface area contributed by atoms with Crippen LogP contribution in [0.3, 0.4) is 0 Å². The summed E-state index contributed by atoms with van der Waals surface area (Å²) in [5, 5.41) is 2.11. The van der Waals surface area contributed by atoms with Gasteiger partial charge in [0.15, 0.2) is 11.3 Å². The quantitative estimate of drug-likeness (QED) is 0.813. The van der Waals surface area contributed by atoms with Gasteiger partial charge in [-0.25, -0.2) is 9.97 Å². The monoisotopic (exact) mass is 370 g/mol. The van der Waals surface area contributed by atoms with Crippen LogP contribution in [0.1, 0.15) is 41.6 Å². The number of imidazole rings is 1. The number of hydrogen-bond acceptors (Lipinski definition) is 4. The Hall–Kier alpha value is -2.16. The Morgan fingerprint density at radius 1 is 1.46 bits per heavy atom. The van der Waals surface area contributed by atoms with Crippen molar-refractivity contribution < 1.29 is 22.7 Å². The van der Waals surface area contributed by atoms with E-state index in [-0.39, 0.29) is 11.3 Å². The summed E-state index contributed by atoms with van der Waals surface area (Å²) >= 11 is 0. The van der Waals surface area contributed by atoms with E-state index in [1.54, 1.807) is 11.5 Å². The zero-order chi connectivity index (χ0) is 18.9. The molecule has 2 heterocycles. The van der Waals surface area contributed by atoms with Crippen LogP contribution in [0.25, 0.3) is 5.65 Å². The van der Waals surface area contributed by atoms with Crippen molar-refractivity contribution in [3.8, 4) is 0 Å². The first-order valence-corrected chi connectivity index (χ1v) is 8.57. The number of carbonyl (C=O) groups is 1. The largest absolute Gasteiger partial charge is 0.408 e. The Morgan fingerprint density at radius 2 is 2.19 bits per heavy atom. The average Bonchev–Trinajstić information content (AvgIpc) is 3.34. The van der Waals surface area contributed by atoms with E-state index in [9.17, 15) is 18.0 Å². The van der Waals surface area contributed by atoms with Gasteiger partial charge in [0.05, 0.1) is 6.61 Å². The zero-order valence-corrected chi connectivity index (χ0v) is 14.6. The lowest BCUT2D eigenvalue weighted by molar-refractivity contribution is -0.158. The number of amides is 1. The van der Waals surface area contributed by atoms with E-state index in [0.29, 0.717) is 38.0 Å². The Kier molecular flexibility index (Phi) is 5.17. The van der Waals surface area contributed by atoms with Gasteiger partial charge in [-0.15, -0.1) is 0 Å². The second-order valence-electron chi connectivity index (χ2n) is 6.45. The summed E-state index contributed by atoms with van der Waals surface area (Å²) in [6.07, 6.45) is -0.904. The van der Waals surface area contributed by atoms with Crippen molar-refractivity contribution >= 4 is 11.6 Å². The molecule has 1 saturated carbocycles. The van der Waals surface area contributed by atoms with Gasteiger partial charge < -0.3 is 10.1 Å². The fraction of sp³-hybridized carbons (Fsp3) is 0.588. The molecular weight excluding hydrogens is 349 g/mol. The second-order valence-corrected chi connectivity index (χ2v) is 6.45. The molecule has 1 unspecified atom stereocenters. The number of carbonyl (C=O) groups excluding carboxylic acids is 1. The lowest BCUT2D eigenvalue weighted by Gasteiger charge is -2.20. The highest BCUT2D eigenvalue weighted by molar-refractivity contribution is 5.98. The molecule has 1 aliphatic rings. The highest BCUT2D eigenvalue weighted by Gasteiger charge is 2.50. The van der Waals surface area contributed by atoms with Gasteiger partial charge in [-0.05, 0) is 31.2 Å². The van der Waals surface area contributed by atoms with Crippen molar-refractivity contribution in [2.45, 2.75) is 44.8 Å². The number of ether oxygens (including phenoxy) is 1. The van der Waals surface area contributed by atoms with Gasteiger partial charge in [-0.2, -0.15) is 13.2 Å². The van der Waals surface area contributed by atoms with Crippen LogP contribution in [0.4, 0.5) is 13.2 Å². The number of aromatic nitrogens is 3. The molecule has 1 fully saturated rings. The molecule has 0 bridgehead atoms. The zero-order valence-electron chi connectivity index (χ0n) is 14.6. The average molecular weight is 370 g/mol. The molecule has 0 aliphatic heterocycles. The lowest BCUT2D eigenvalue weighted by Crippen LogP contribution is -2.47. The molecule has 3 rings (SSSR count). The molecule has 0 radical (unpaired) electrons. The maximum Gasteiger partial charge on any atom is 0.408 e. The Labute approximate surface area is 148 Å². The summed E-state index contributed by atoms with van der Waals surface area (Å²) in [5.74, 6) is -1.40. The predicted octanol–water partition coefficient (Wildman–Crippen LogP) is 2.55. The van der Waals surface area contributed by atoms with Crippen LogP contribution in [0.15, 0.2) is 12.4 Å². The molecule has 1 N–H and O–H groups in total. The first-order chi connectivity index (χ1) is 12.3. The van der Waals surface area contributed by atoms with Crippen LogP contribution in [-0.4, -0.2) is 46.2 Å². The first-order valence-electron chi connectivity index (χ1n) is 8.57. The van der Waals surface area contributed by atoms with Crippen molar-refractivity contribution in [3.05, 3.63) is 29.5 Å². The molecule has 2 aromatic heterocycles. The van der Waals surface area contributed by atoms with Crippen molar-refractivity contribution in [1.82, 2.24) is 19.7 Å². The van der Waals surface area contributed by atoms with E-state index in [4.69, 9.17) is 4.74 Å². The van der Waals surface area contributed by atoms with Gasteiger partial charge in [0, 0.05) is 24.9 Å². The van der Waals surface area contributed by atoms with Crippen molar-refractivity contribution in [1.29, 1.82) is 0 Å². The molecule has 1 atom stereocenters. The fourth-order valence-corrected chi connectivity index (χ4v) is 2.96. The van der Waals surface area contributed by atoms with Crippen LogP contribution in [0.2, 0.25) is 0 Å². The van der Waals surface area contributed by atoms with Gasteiger partial charge in [0.25, 0.3) is 5.91 Å². The van der Waals surface area contributed by atoms with Crippen LogP contribution < -0.4 is 5.32 Å². The molecule has 0 saturated heterocycles. The van der Waals surface area contributed by atoms with E-state index < -0.39 is 24.0 Å². The number of fused-ring (bicyclic) bond motifs is 1. The summed E-state index contributed by atoms with van der Waals surface area (Å²) in [6, 6.07) is 0.0482. The number of hydrogen-bond donors (Lipinski definition) is 1. The third-order valence-corrected chi connectivity index (χ3v) is 4.51. The summed E-state index contributed by atoms with van der Waals surface area (Å²) in [6.45, 7) is 2.40. The molecular formula is C17H21F3N4O2. The predicted molar refractivity (Wildman–Crippen MR) is 88.0 cm³/mol. The van der Waals surface area contributed by atoms with E-state index in [1.165, 1.54) is 6.33 Å². The molecule has 0 aromatic carbocycles. The van der Waals surface area contributed by atoms with Crippen LogP contribution in [0, 0.1) is 5.92 Å². The smallest absolute Gasteiger partial charge is 0.384 e. The highest BCUT2D eigenvalue weighted by Crippen LogP contribution is 2.40. The fourth-order valence-electron chi connectivity index (χ4n) is 2.96. The molecule has 1 amide bonds. The van der Waals surface area contributed by atoms with E-state index in [2.05, 4.69) is 15.3 Å². The number of methoxy groups -OCH3 is 1. The minimum Gasteiger partial charge on any atom is -0.384 e. The van der Waals surface area contributed by atoms with E-state index in [0.717, 1.165) is 5.69 Å². The minimum absolute atomic E-state index is 0.0890. The van der Waals surface area contributed by atoms with Crippen molar-refractivity contribution in [2.75, 3.05) is 13.7 Å². The van der Waals surface area contributed by atoms with Gasteiger partial charge >= 0.3 is 6.18 Å². The number of alkyl halides is 3. The molecule has 1 aliphatic carbocycles. The molecule has 142 valence electrons. The lowest BCUT2D eigenvalue weighted by atomic mass is 10.1. The van der Waals surface area contributed by atoms with Crippen LogP contribution in [-0.2, 0) is 17.6 Å². The van der Waals surface area contributed by atoms with Gasteiger partial charge in [0.1, 0.15) is 12.4 Å². The maximum absolute atomic E-state index is 13.2. The highest BCUT2D eigenvalue weighted by atomic mass is 19.4. The second kappa shape index (κ2) is 7.22. The first kappa shape index (κ1) is 18.6. The Balaban J connectivity index is 1.92. The third kappa shape index (κ3) is 3.82. The van der Waals surface area contributed by atoms with E-state index >= 15 is 0 Å². The number of nitrogens with zero attached hydrogens (tertiary/aromatic N) is 3. The number of nitrogens with one attached hydrogen (secondary N) is 1.